The van der Waals surface area contributed by atoms with Crippen LogP contribution in [0, 0.1) is 0 Å². The lowest BCUT2D eigenvalue weighted by Crippen LogP contribution is -2.41. The Balaban J connectivity index is 0.00000361. The maximum Gasteiger partial charge on any atom is 0.222 e. The number of nitrogens with one attached hydrogen (secondary N) is 2. The summed E-state index contributed by atoms with van der Waals surface area (Å²) in [5, 5.41) is 6.02. The molecule has 20 heavy (non-hydrogen) atoms. The summed E-state index contributed by atoms with van der Waals surface area (Å²) in [5.41, 5.74) is 5.71. The van der Waals surface area contributed by atoms with Crippen LogP contribution in [-0.4, -0.2) is 44.2 Å². The lowest BCUT2D eigenvalue weighted by Gasteiger charge is -2.13. The molecule has 118 valence electrons. The van der Waals surface area contributed by atoms with Crippen molar-refractivity contribution in [3.05, 3.63) is 0 Å². The third-order valence-electron chi connectivity index (χ3n) is 3.15. The molecule has 0 bridgehead atoms. The zero-order chi connectivity index (χ0) is 14.1. The standard InChI is InChI=1S/C13H26N4O2.HI/c1-10(9-19-2)16-13(14)15-8-7-12(18)17-11-5-3-4-6-11;/h10-11H,3-9H2,1-2H3,(H,17,18)(H3,14,15,16);1H. The Hall–Kier alpha value is -0.570. The predicted octanol–water partition coefficient (Wildman–Crippen LogP) is 0.992. The van der Waals surface area contributed by atoms with Crippen molar-refractivity contribution in [1.82, 2.24) is 10.6 Å². The summed E-state index contributed by atoms with van der Waals surface area (Å²) in [6.45, 7) is 2.94. The van der Waals surface area contributed by atoms with Crippen LogP contribution in [0.4, 0.5) is 0 Å². The molecule has 0 heterocycles. The number of ether oxygens (including phenoxy) is 1. The van der Waals surface area contributed by atoms with Crippen molar-refractivity contribution in [3.8, 4) is 0 Å². The highest BCUT2D eigenvalue weighted by molar-refractivity contribution is 14.0. The normalized spacial score (nSPS) is 17.4. The van der Waals surface area contributed by atoms with Gasteiger partial charge in [0.15, 0.2) is 5.96 Å². The van der Waals surface area contributed by atoms with Gasteiger partial charge in [0.2, 0.25) is 5.91 Å². The molecule has 0 aromatic rings. The minimum Gasteiger partial charge on any atom is -0.383 e. The van der Waals surface area contributed by atoms with E-state index in [1.807, 2.05) is 6.92 Å². The summed E-state index contributed by atoms with van der Waals surface area (Å²) in [4.78, 5) is 15.8. The van der Waals surface area contributed by atoms with Crippen LogP contribution in [0.15, 0.2) is 4.99 Å². The smallest absolute Gasteiger partial charge is 0.222 e. The molecule has 0 aromatic heterocycles. The Labute approximate surface area is 138 Å². The number of carbonyl (C=O) groups is 1. The fourth-order valence-electron chi connectivity index (χ4n) is 2.24. The molecule has 0 aromatic carbocycles. The number of nitrogens with two attached hydrogens (primary N) is 1. The molecule has 0 saturated heterocycles. The van der Waals surface area contributed by atoms with Gasteiger partial charge in [0.1, 0.15) is 0 Å². The van der Waals surface area contributed by atoms with E-state index in [0.29, 0.717) is 31.6 Å². The number of carbonyl (C=O) groups excluding carboxylic acids is 1. The van der Waals surface area contributed by atoms with Crippen molar-refractivity contribution in [3.63, 3.8) is 0 Å². The van der Waals surface area contributed by atoms with E-state index in [2.05, 4.69) is 15.6 Å². The second-order valence-corrected chi connectivity index (χ2v) is 5.07. The Kier molecular flexibility index (Phi) is 10.8. The van der Waals surface area contributed by atoms with Crippen LogP contribution in [0.3, 0.4) is 0 Å². The third kappa shape index (κ3) is 8.57. The number of aliphatic imine (C=N–C) groups is 1. The van der Waals surface area contributed by atoms with Crippen LogP contribution in [-0.2, 0) is 9.53 Å². The number of guanidine groups is 1. The predicted molar refractivity (Wildman–Crippen MR) is 91.4 cm³/mol. The van der Waals surface area contributed by atoms with Crippen LogP contribution >= 0.6 is 24.0 Å². The lowest BCUT2D eigenvalue weighted by atomic mass is 10.2. The Bertz CT molecular complexity index is 307. The molecule has 1 saturated carbocycles. The van der Waals surface area contributed by atoms with Crippen molar-refractivity contribution in [2.45, 2.75) is 51.1 Å². The highest BCUT2D eigenvalue weighted by Gasteiger charge is 2.16. The van der Waals surface area contributed by atoms with Crippen molar-refractivity contribution in [2.24, 2.45) is 10.7 Å². The highest BCUT2D eigenvalue weighted by atomic mass is 127. The van der Waals surface area contributed by atoms with Gasteiger partial charge in [0, 0.05) is 25.6 Å². The fourth-order valence-corrected chi connectivity index (χ4v) is 2.24. The number of amides is 1. The second-order valence-electron chi connectivity index (χ2n) is 5.07. The fraction of sp³-hybridized carbons (Fsp3) is 0.846. The first-order valence-electron chi connectivity index (χ1n) is 6.96. The monoisotopic (exact) mass is 398 g/mol. The molecule has 1 rings (SSSR count). The van der Waals surface area contributed by atoms with Gasteiger partial charge >= 0.3 is 0 Å². The van der Waals surface area contributed by atoms with E-state index in [-0.39, 0.29) is 35.9 Å². The number of rotatable bonds is 7. The van der Waals surface area contributed by atoms with Gasteiger partial charge in [-0.1, -0.05) is 12.8 Å². The summed E-state index contributed by atoms with van der Waals surface area (Å²) < 4.78 is 4.98. The molecule has 1 unspecified atom stereocenters. The van der Waals surface area contributed by atoms with Crippen LogP contribution in [0.25, 0.3) is 0 Å². The van der Waals surface area contributed by atoms with Crippen molar-refractivity contribution < 1.29 is 9.53 Å². The van der Waals surface area contributed by atoms with Crippen molar-refractivity contribution >= 4 is 35.8 Å². The summed E-state index contributed by atoms with van der Waals surface area (Å²) in [5.74, 6) is 0.423. The summed E-state index contributed by atoms with van der Waals surface area (Å²) in [7, 11) is 1.64. The SMILES string of the molecule is COCC(C)NC(N)=NCCC(=O)NC1CCCC1.I. The Morgan fingerprint density at radius 2 is 2.10 bits per heavy atom. The molecule has 4 N–H and O–H groups in total. The first-order valence-corrected chi connectivity index (χ1v) is 6.96. The Morgan fingerprint density at radius 1 is 1.45 bits per heavy atom. The molecule has 1 atom stereocenters. The first kappa shape index (κ1) is 19.4. The molecule has 1 aliphatic rings. The minimum absolute atomic E-state index is 0. The molecule has 1 aliphatic carbocycles. The van der Waals surface area contributed by atoms with Crippen molar-refractivity contribution in [1.29, 1.82) is 0 Å². The molecule has 1 fully saturated rings. The van der Waals surface area contributed by atoms with Crippen LogP contribution in [0.1, 0.15) is 39.0 Å². The zero-order valence-corrected chi connectivity index (χ0v) is 14.7. The van der Waals surface area contributed by atoms with E-state index in [9.17, 15) is 4.79 Å². The van der Waals surface area contributed by atoms with Gasteiger partial charge in [-0.05, 0) is 19.8 Å². The molecule has 0 radical (unpaired) electrons. The quantitative estimate of drug-likeness (QED) is 0.339. The maximum atomic E-state index is 11.6. The van der Waals surface area contributed by atoms with Gasteiger partial charge in [-0.2, -0.15) is 0 Å². The number of methoxy groups -OCH3 is 1. The molecule has 7 heteroatoms. The van der Waals surface area contributed by atoms with Crippen LogP contribution in [0.5, 0.6) is 0 Å². The first-order chi connectivity index (χ1) is 9.11. The number of hydrogen-bond donors (Lipinski definition) is 3. The largest absolute Gasteiger partial charge is 0.383 e. The molecular formula is C13H27IN4O2. The van der Waals surface area contributed by atoms with E-state index in [1.165, 1.54) is 12.8 Å². The molecule has 0 spiro atoms. The van der Waals surface area contributed by atoms with E-state index < -0.39 is 0 Å². The highest BCUT2D eigenvalue weighted by Crippen LogP contribution is 2.17. The van der Waals surface area contributed by atoms with Crippen LogP contribution < -0.4 is 16.4 Å². The lowest BCUT2D eigenvalue weighted by molar-refractivity contribution is -0.121. The van der Waals surface area contributed by atoms with Gasteiger partial charge in [-0.3, -0.25) is 9.79 Å². The summed E-state index contributed by atoms with van der Waals surface area (Å²) in [6, 6.07) is 0.481. The molecule has 1 amide bonds. The summed E-state index contributed by atoms with van der Waals surface area (Å²) in [6.07, 6.45) is 5.03. The number of nitrogens with zero attached hydrogens (tertiary/aromatic N) is 1. The average molecular weight is 398 g/mol. The molecule has 0 aliphatic heterocycles. The third-order valence-corrected chi connectivity index (χ3v) is 3.15. The average Bonchev–Trinajstić information content (AvgIpc) is 2.81. The second kappa shape index (κ2) is 11.1. The number of hydrogen-bond acceptors (Lipinski definition) is 3. The van der Waals surface area contributed by atoms with E-state index >= 15 is 0 Å². The Morgan fingerprint density at radius 3 is 2.70 bits per heavy atom. The maximum absolute atomic E-state index is 11.6. The molecule has 6 nitrogen and oxygen atoms in total. The van der Waals surface area contributed by atoms with E-state index in [1.54, 1.807) is 7.11 Å². The van der Waals surface area contributed by atoms with Crippen molar-refractivity contribution in [2.75, 3.05) is 20.3 Å². The van der Waals surface area contributed by atoms with Gasteiger partial charge in [0.05, 0.1) is 13.2 Å². The van der Waals surface area contributed by atoms with Crippen LogP contribution in [0.2, 0.25) is 0 Å². The molecular weight excluding hydrogens is 371 g/mol. The van der Waals surface area contributed by atoms with Gasteiger partial charge in [-0.15, -0.1) is 24.0 Å². The van der Waals surface area contributed by atoms with Gasteiger partial charge in [0.25, 0.3) is 0 Å². The summed E-state index contributed by atoms with van der Waals surface area (Å²) >= 11 is 0. The van der Waals surface area contributed by atoms with E-state index in [4.69, 9.17) is 10.5 Å². The van der Waals surface area contributed by atoms with E-state index in [0.717, 1.165) is 12.8 Å². The minimum atomic E-state index is 0. The topological polar surface area (TPSA) is 88.7 Å². The zero-order valence-electron chi connectivity index (χ0n) is 12.4. The van der Waals surface area contributed by atoms with Gasteiger partial charge in [-0.25, -0.2) is 0 Å². The van der Waals surface area contributed by atoms with Gasteiger partial charge < -0.3 is 21.1 Å². The number of halogens is 1.